The molecule has 0 saturated carbocycles. The van der Waals surface area contributed by atoms with E-state index in [2.05, 4.69) is 5.32 Å². The lowest BCUT2D eigenvalue weighted by molar-refractivity contribution is -0.385. The van der Waals surface area contributed by atoms with Crippen LogP contribution in [0.5, 0.6) is 5.75 Å². The summed E-state index contributed by atoms with van der Waals surface area (Å²) in [5, 5.41) is 13.4. The number of carbonyl (C=O) groups excluding carboxylic acids is 1. The Kier molecular flexibility index (Phi) is 5.10. The zero-order valence-corrected chi connectivity index (χ0v) is 11.8. The van der Waals surface area contributed by atoms with Crippen molar-refractivity contribution in [3.63, 3.8) is 0 Å². The van der Waals surface area contributed by atoms with Crippen LogP contribution in [-0.4, -0.2) is 36.7 Å². The predicted molar refractivity (Wildman–Crippen MR) is 75.3 cm³/mol. The van der Waals surface area contributed by atoms with E-state index in [1.807, 2.05) is 0 Å². The summed E-state index contributed by atoms with van der Waals surface area (Å²) in [7, 11) is 0. The Hall–Kier alpha value is -2.15. The van der Waals surface area contributed by atoms with Crippen molar-refractivity contribution < 1.29 is 19.2 Å². The molecule has 1 aliphatic rings. The number of hydrogen-bond acceptors (Lipinski definition) is 5. The van der Waals surface area contributed by atoms with Crippen LogP contribution in [0.4, 0.5) is 5.69 Å². The molecular formula is C14H18N2O5. The first-order valence-electron chi connectivity index (χ1n) is 6.82. The molecule has 2 rings (SSSR count). The van der Waals surface area contributed by atoms with Crippen LogP contribution < -0.4 is 10.1 Å². The van der Waals surface area contributed by atoms with Gasteiger partial charge in [-0.1, -0.05) is 0 Å². The highest BCUT2D eigenvalue weighted by molar-refractivity contribution is 5.77. The average molecular weight is 294 g/mol. The Morgan fingerprint density at radius 1 is 1.57 bits per heavy atom. The van der Waals surface area contributed by atoms with Gasteiger partial charge in [-0.3, -0.25) is 14.9 Å². The smallest absolute Gasteiger partial charge is 0.272 e. The van der Waals surface area contributed by atoms with E-state index >= 15 is 0 Å². The zero-order valence-electron chi connectivity index (χ0n) is 11.8. The second-order valence-electron chi connectivity index (χ2n) is 4.93. The van der Waals surface area contributed by atoms with Crippen molar-refractivity contribution in [2.45, 2.75) is 25.9 Å². The molecule has 0 bridgehead atoms. The minimum Gasteiger partial charge on any atom is -0.484 e. The molecule has 0 unspecified atom stereocenters. The van der Waals surface area contributed by atoms with E-state index in [0.717, 1.165) is 19.4 Å². The minimum absolute atomic E-state index is 0.0326. The second-order valence-corrected chi connectivity index (χ2v) is 4.93. The van der Waals surface area contributed by atoms with Gasteiger partial charge >= 0.3 is 0 Å². The highest BCUT2D eigenvalue weighted by Gasteiger charge is 2.16. The number of nitro benzene ring substituents is 1. The molecule has 0 spiro atoms. The number of amides is 1. The van der Waals surface area contributed by atoms with Crippen molar-refractivity contribution in [2.75, 3.05) is 19.8 Å². The number of benzene rings is 1. The molecule has 1 amide bonds. The van der Waals surface area contributed by atoms with E-state index in [1.54, 1.807) is 13.0 Å². The lowest BCUT2D eigenvalue weighted by atomic mass is 10.2. The van der Waals surface area contributed by atoms with E-state index < -0.39 is 4.92 Å². The number of ether oxygens (including phenoxy) is 2. The predicted octanol–water partition coefficient (Wildman–Crippen LogP) is 1.58. The molecule has 0 aromatic heterocycles. The Labute approximate surface area is 122 Å². The van der Waals surface area contributed by atoms with Crippen molar-refractivity contribution in [3.8, 4) is 5.75 Å². The molecule has 0 aliphatic carbocycles. The second kappa shape index (κ2) is 7.03. The van der Waals surface area contributed by atoms with E-state index in [1.165, 1.54) is 12.1 Å². The fraction of sp³-hybridized carbons (Fsp3) is 0.500. The molecular weight excluding hydrogens is 276 g/mol. The summed E-state index contributed by atoms with van der Waals surface area (Å²) in [5.41, 5.74) is 0.530. The van der Waals surface area contributed by atoms with Gasteiger partial charge in [0.05, 0.1) is 11.0 Å². The number of hydrogen-bond donors (Lipinski definition) is 1. The van der Waals surface area contributed by atoms with Gasteiger partial charge in [-0.05, 0) is 31.9 Å². The summed E-state index contributed by atoms with van der Waals surface area (Å²) in [4.78, 5) is 21.9. The third kappa shape index (κ3) is 4.42. The standard InChI is InChI=1S/C14H18N2O5/c1-10-7-11(4-5-13(10)16(18)19)21-9-14(17)15-8-12-3-2-6-20-12/h4-5,7,12H,2-3,6,8-9H2,1H3,(H,15,17)/t12-/m1/s1. The monoisotopic (exact) mass is 294 g/mol. The molecule has 1 heterocycles. The Morgan fingerprint density at radius 3 is 3.00 bits per heavy atom. The number of nitrogens with one attached hydrogen (secondary N) is 1. The molecule has 1 aromatic rings. The van der Waals surface area contributed by atoms with Crippen LogP contribution in [0, 0.1) is 17.0 Å². The molecule has 0 radical (unpaired) electrons. The molecule has 21 heavy (non-hydrogen) atoms. The van der Waals surface area contributed by atoms with Crippen LogP contribution in [0.1, 0.15) is 18.4 Å². The van der Waals surface area contributed by atoms with Gasteiger partial charge in [0, 0.05) is 24.8 Å². The molecule has 1 N–H and O–H groups in total. The molecule has 114 valence electrons. The summed E-state index contributed by atoms with van der Waals surface area (Å²) in [6.45, 7) is 2.74. The molecule has 7 heteroatoms. The van der Waals surface area contributed by atoms with E-state index in [4.69, 9.17) is 9.47 Å². The minimum atomic E-state index is -0.451. The first-order valence-corrected chi connectivity index (χ1v) is 6.82. The van der Waals surface area contributed by atoms with E-state index in [0.29, 0.717) is 17.9 Å². The van der Waals surface area contributed by atoms with E-state index in [9.17, 15) is 14.9 Å². The summed E-state index contributed by atoms with van der Waals surface area (Å²) < 4.78 is 10.7. The number of nitrogens with zero attached hydrogens (tertiary/aromatic N) is 1. The highest BCUT2D eigenvalue weighted by Crippen LogP contribution is 2.22. The maximum absolute atomic E-state index is 11.6. The van der Waals surface area contributed by atoms with Crippen molar-refractivity contribution in [2.24, 2.45) is 0 Å². The molecule has 1 fully saturated rings. The first kappa shape index (κ1) is 15.2. The van der Waals surface area contributed by atoms with Crippen LogP contribution in [0.2, 0.25) is 0 Å². The molecule has 1 aromatic carbocycles. The third-order valence-corrected chi connectivity index (χ3v) is 3.29. The molecule has 1 atom stereocenters. The van der Waals surface area contributed by atoms with Crippen molar-refractivity contribution in [1.82, 2.24) is 5.32 Å². The lowest BCUT2D eigenvalue weighted by Crippen LogP contribution is -2.35. The molecule has 1 saturated heterocycles. The Balaban J connectivity index is 1.78. The number of carbonyl (C=O) groups is 1. The third-order valence-electron chi connectivity index (χ3n) is 3.29. The van der Waals surface area contributed by atoms with Gasteiger partial charge in [0.1, 0.15) is 5.75 Å². The topological polar surface area (TPSA) is 90.7 Å². The van der Waals surface area contributed by atoms with Gasteiger partial charge < -0.3 is 14.8 Å². The largest absolute Gasteiger partial charge is 0.484 e. The summed E-state index contributed by atoms with van der Waals surface area (Å²) in [6, 6.07) is 4.40. The van der Waals surface area contributed by atoms with Crippen LogP contribution in [0.15, 0.2) is 18.2 Å². The van der Waals surface area contributed by atoms with Gasteiger partial charge in [-0.25, -0.2) is 0 Å². The Bertz CT molecular complexity index is 526. The summed E-state index contributed by atoms with van der Waals surface area (Å²) in [6.07, 6.45) is 2.08. The van der Waals surface area contributed by atoms with E-state index in [-0.39, 0.29) is 24.3 Å². The van der Waals surface area contributed by atoms with Gasteiger partial charge in [0.25, 0.3) is 11.6 Å². The van der Waals surface area contributed by atoms with Gasteiger partial charge in [-0.2, -0.15) is 0 Å². The quantitative estimate of drug-likeness (QED) is 0.635. The first-order chi connectivity index (χ1) is 10.1. The van der Waals surface area contributed by atoms with Crippen LogP contribution in [-0.2, 0) is 9.53 Å². The fourth-order valence-corrected chi connectivity index (χ4v) is 2.16. The van der Waals surface area contributed by atoms with Crippen molar-refractivity contribution in [3.05, 3.63) is 33.9 Å². The summed E-state index contributed by atoms with van der Waals surface area (Å²) in [5.74, 6) is 0.201. The highest BCUT2D eigenvalue weighted by atomic mass is 16.6. The van der Waals surface area contributed by atoms with Crippen molar-refractivity contribution >= 4 is 11.6 Å². The van der Waals surface area contributed by atoms with Crippen molar-refractivity contribution in [1.29, 1.82) is 0 Å². The normalized spacial score (nSPS) is 17.5. The number of nitro groups is 1. The summed E-state index contributed by atoms with van der Waals surface area (Å²) >= 11 is 0. The zero-order chi connectivity index (χ0) is 15.2. The SMILES string of the molecule is Cc1cc(OCC(=O)NC[C@H]2CCCO2)ccc1[N+](=O)[O-]. The lowest BCUT2D eigenvalue weighted by Gasteiger charge is -2.11. The van der Waals surface area contributed by atoms with Gasteiger partial charge in [0.15, 0.2) is 6.61 Å². The van der Waals surface area contributed by atoms with Crippen LogP contribution in [0.25, 0.3) is 0 Å². The average Bonchev–Trinajstić information content (AvgIpc) is 2.95. The van der Waals surface area contributed by atoms with Crippen LogP contribution in [0.3, 0.4) is 0 Å². The van der Waals surface area contributed by atoms with Gasteiger partial charge in [-0.15, -0.1) is 0 Å². The maximum Gasteiger partial charge on any atom is 0.272 e. The fourth-order valence-electron chi connectivity index (χ4n) is 2.16. The maximum atomic E-state index is 11.6. The van der Waals surface area contributed by atoms with Crippen LogP contribution >= 0.6 is 0 Å². The Morgan fingerprint density at radius 2 is 2.38 bits per heavy atom. The number of rotatable bonds is 6. The number of aryl methyl sites for hydroxylation is 1. The molecule has 7 nitrogen and oxygen atoms in total. The van der Waals surface area contributed by atoms with Gasteiger partial charge in [0.2, 0.25) is 0 Å². The molecule has 1 aliphatic heterocycles.